The number of sulfonamides is 1. The van der Waals surface area contributed by atoms with Crippen molar-refractivity contribution in [3.63, 3.8) is 0 Å². The van der Waals surface area contributed by atoms with Gasteiger partial charge in [-0.2, -0.15) is 0 Å². The molecular weight excluding hydrogens is 348 g/mol. The predicted octanol–water partition coefficient (Wildman–Crippen LogP) is 3.75. The first-order valence-electron chi connectivity index (χ1n) is 8.54. The minimum absolute atomic E-state index is 0.0407. The maximum Gasteiger partial charge on any atom is 0.261 e. The van der Waals surface area contributed by atoms with Crippen LogP contribution in [0, 0.1) is 13.8 Å². The van der Waals surface area contributed by atoms with Gasteiger partial charge in [-0.15, -0.1) is 0 Å². The summed E-state index contributed by atoms with van der Waals surface area (Å²) >= 11 is 0. The molecule has 0 unspecified atom stereocenters. The third kappa shape index (κ3) is 3.09. The van der Waals surface area contributed by atoms with E-state index in [2.05, 4.69) is 4.72 Å². The number of aryl methyl sites for hydroxylation is 2. The highest BCUT2D eigenvalue weighted by molar-refractivity contribution is 7.92. The van der Waals surface area contributed by atoms with E-state index >= 15 is 0 Å². The zero-order valence-electron chi connectivity index (χ0n) is 15.8. The molecule has 0 radical (unpaired) electrons. The molecule has 138 valence electrons. The quantitative estimate of drug-likeness (QED) is 0.892. The molecule has 1 N–H and O–H groups in total. The van der Waals surface area contributed by atoms with E-state index in [9.17, 15) is 13.2 Å². The lowest BCUT2D eigenvalue weighted by Crippen LogP contribution is -2.31. The largest absolute Gasteiger partial charge is 0.311 e. The first-order valence-corrected chi connectivity index (χ1v) is 10.0. The Bertz CT molecular complexity index is 974. The van der Waals surface area contributed by atoms with Gasteiger partial charge < -0.3 is 4.90 Å². The summed E-state index contributed by atoms with van der Waals surface area (Å²) in [4.78, 5) is 13.8. The van der Waals surface area contributed by atoms with E-state index in [-0.39, 0.29) is 16.2 Å². The van der Waals surface area contributed by atoms with Crippen molar-refractivity contribution >= 4 is 27.3 Å². The van der Waals surface area contributed by atoms with E-state index in [1.165, 1.54) is 6.92 Å². The average Bonchev–Trinajstić information content (AvgIpc) is 2.82. The number of anilines is 2. The lowest BCUT2D eigenvalue weighted by Gasteiger charge is -2.19. The van der Waals surface area contributed by atoms with Gasteiger partial charge in [0, 0.05) is 24.6 Å². The minimum Gasteiger partial charge on any atom is -0.311 e. The number of hydrogen-bond acceptors (Lipinski definition) is 3. The number of fused-ring (bicyclic) bond motifs is 1. The summed E-state index contributed by atoms with van der Waals surface area (Å²) in [6.07, 6.45) is 0. The predicted molar refractivity (Wildman–Crippen MR) is 104 cm³/mol. The van der Waals surface area contributed by atoms with Crippen LogP contribution in [0.3, 0.4) is 0 Å². The molecule has 0 atom stereocenters. The van der Waals surface area contributed by atoms with Crippen molar-refractivity contribution in [3.05, 3.63) is 53.1 Å². The first kappa shape index (κ1) is 18.5. The maximum absolute atomic E-state index is 12.9. The number of carbonyl (C=O) groups excluding carboxylic acids is 1. The summed E-state index contributed by atoms with van der Waals surface area (Å²) in [5.74, 6) is -0.0407. The summed E-state index contributed by atoms with van der Waals surface area (Å²) < 4.78 is 28.6. The van der Waals surface area contributed by atoms with E-state index in [1.54, 1.807) is 23.1 Å². The molecule has 3 rings (SSSR count). The van der Waals surface area contributed by atoms with Crippen LogP contribution in [0.15, 0.2) is 41.3 Å². The van der Waals surface area contributed by atoms with Crippen LogP contribution in [0.4, 0.5) is 11.4 Å². The topological polar surface area (TPSA) is 66.5 Å². The number of rotatable bonds is 3. The van der Waals surface area contributed by atoms with Crippen LogP contribution in [0.2, 0.25) is 0 Å². The van der Waals surface area contributed by atoms with Crippen LogP contribution in [0.25, 0.3) is 0 Å². The number of nitrogens with zero attached hydrogens (tertiary/aromatic N) is 1. The molecule has 0 bridgehead atoms. The van der Waals surface area contributed by atoms with Gasteiger partial charge >= 0.3 is 0 Å². The van der Waals surface area contributed by atoms with Gasteiger partial charge in [-0.05, 0) is 48.7 Å². The number of hydrogen-bond donors (Lipinski definition) is 1. The standard InChI is InChI=1S/C20H24N2O3S/c1-13-7-6-8-14(2)19(13)21-26(24,25)16-9-10-18-17(11-16)20(4,5)12-22(18)15(3)23/h6-11,21H,12H2,1-5H3. The van der Waals surface area contributed by atoms with Gasteiger partial charge in [-0.1, -0.05) is 32.0 Å². The molecule has 5 nitrogen and oxygen atoms in total. The average molecular weight is 372 g/mol. The fourth-order valence-corrected chi connectivity index (χ4v) is 4.70. The van der Waals surface area contributed by atoms with Crippen LogP contribution in [0.5, 0.6) is 0 Å². The van der Waals surface area contributed by atoms with Crippen molar-refractivity contribution in [2.75, 3.05) is 16.2 Å². The van der Waals surface area contributed by atoms with E-state index in [1.807, 2.05) is 45.9 Å². The number of amides is 1. The number of carbonyl (C=O) groups is 1. The van der Waals surface area contributed by atoms with Crippen LogP contribution in [-0.2, 0) is 20.2 Å². The third-order valence-electron chi connectivity index (χ3n) is 4.95. The number of para-hydroxylation sites is 1. The van der Waals surface area contributed by atoms with Crippen LogP contribution >= 0.6 is 0 Å². The molecule has 1 aliphatic heterocycles. The molecule has 2 aromatic rings. The zero-order valence-corrected chi connectivity index (χ0v) is 16.6. The monoisotopic (exact) mass is 372 g/mol. The normalized spacial score (nSPS) is 15.7. The molecule has 1 aliphatic rings. The lowest BCUT2D eigenvalue weighted by molar-refractivity contribution is -0.116. The molecule has 1 amide bonds. The first-order chi connectivity index (χ1) is 12.0. The van der Waals surface area contributed by atoms with Gasteiger partial charge in [0.05, 0.1) is 10.6 Å². The Hall–Kier alpha value is -2.34. The molecule has 26 heavy (non-hydrogen) atoms. The fourth-order valence-electron chi connectivity index (χ4n) is 3.48. The summed E-state index contributed by atoms with van der Waals surface area (Å²) in [5.41, 5.74) is 3.71. The second-order valence-corrected chi connectivity index (χ2v) is 9.22. The van der Waals surface area contributed by atoms with E-state index in [4.69, 9.17) is 0 Å². The Morgan fingerprint density at radius 2 is 1.73 bits per heavy atom. The second-order valence-electron chi connectivity index (χ2n) is 7.54. The molecule has 6 heteroatoms. The van der Waals surface area contributed by atoms with E-state index in [0.29, 0.717) is 12.2 Å². The Kier molecular flexibility index (Phi) is 4.35. The van der Waals surface area contributed by atoms with Crippen molar-refractivity contribution < 1.29 is 13.2 Å². The zero-order chi connectivity index (χ0) is 19.3. The molecular formula is C20H24N2O3S. The van der Waals surface area contributed by atoms with Crippen LogP contribution in [0.1, 0.15) is 37.5 Å². The highest BCUT2D eigenvalue weighted by Crippen LogP contribution is 2.41. The number of benzene rings is 2. The molecule has 0 fully saturated rings. The van der Waals surface area contributed by atoms with Crippen LogP contribution < -0.4 is 9.62 Å². The van der Waals surface area contributed by atoms with Crippen molar-refractivity contribution in [1.82, 2.24) is 0 Å². The van der Waals surface area contributed by atoms with Crippen molar-refractivity contribution in [2.45, 2.75) is 44.9 Å². The van der Waals surface area contributed by atoms with Gasteiger partial charge in [0.25, 0.3) is 10.0 Å². The Balaban J connectivity index is 2.04. The summed E-state index contributed by atoms with van der Waals surface area (Å²) in [5, 5.41) is 0. The van der Waals surface area contributed by atoms with Crippen molar-refractivity contribution in [1.29, 1.82) is 0 Å². The highest BCUT2D eigenvalue weighted by atomic mass is 32.2. The second kappa shape index (κ2) is 6.13. The van der Waals surface area contributed by atoms with Gasteiger partial charge in [-0.25, -0.2) is 8.42 Å². The summed E-state index contributed by atoms with van der Waals surface area (Å²) in [6, 6.07) is 10.6. The summed E-state index contributed by atoms with van der Waals surface area (Å²) in [7, 11) is -3.72. The third-order valence-corrected chi connectivity index (χ3v) is 6.30. The van der Waals surface area contributed by atoms with Crippen LogP contribution in [-0.4, -0.2) is 20.9 Å². The number of nitrogens with one attached hydrogen (secondary N) is 1. The van der Waals surface area contributed by atoms with Crippen molar-refractivity contribution in [3.8, 4) is 0 Å². The lowest BCUT2D eigenvalue weighted by atomic mass is 9.87. The molecule has 2 aromatic carbocycles. The van der Waals surface area contributed by atoms with Gasteiger partial charge in [0.15, 0.2) is 0 Å². The Morgan fingerprint density at radius 1 is 1.12 bits per heavy atom. The highest BCUT2D eigenvalue weighted by Gasteiger charge is 2.37. The molecule has 0 saturated heterocycles. The van der Waals surface area contributed by atoms with Crippen molar-refractivity contribution in [2.24, 2.45) is 0 Å². The Labute approximate surface area is 155 Å². The smallest absolute Gasteiger partial charge is 0.261 e. The Morgan fingerprint density at radius 3 is 2.31 bits per heavy atom. The van der Waals surface area contributed by atoms with Gasteiger partial charge in [-0.3, -0.25) is 9.52 Å². The van der Waals surface area contributed by atoms with Gasteiger partial charge in [0.1, 0.15) is 0 Å². The SMILES string of the molecule is CC(=O)N1CC(C)(C)c2cc(S(=O)(=O)Nc3c(C)cccc3C)ccc21. The molecule has 0 aromatic heterocycles. The van der Waals surface area contributed by atoms with E-state index in [0.717, 1.165) is 22.4 Å². The van der Waals surface area contributed by atoms with E-state index < -0.39 is 10.0 Å². The molecule has 0 saturated carbocycles. The molecule has 0 aliphatic carbocycles. The van der Waals surface area contributed by atoms with Gasteiger partial charge in [0.2, 0.25) is 5.91 Å². The maximum atomic E-state index is 12.9. The molecule has 1 heterocycles. The summed E-state index contributed by atoms with van der Waals surface area (Å²) in [6.45, 7) is 9.86. The minimum atomic E-state index is -3.72. The molecule has 0 spiro atoms. The fraction of sp³-hybridized carbons (Fsp3) is 0.350.